The van der Waals surface area contributed by atoms with Crippen molar-refractivity contribution < 1.29 is 17.9 Å². The number of fused-ring (bicyclic) bond motifs is 1. The maximum Gasteiger partial charge on any atom is 0.243 e. The summed E-state index contributed by atoms with van der Waals surface area (Å²) >= 11 is 0. The van der Waals surface area contributed by atoms with Crippen LogP contribution in [0.1, 0.15) is 6.42 Å². The maximum atomic E-state index is 13.0. The topological polar surface area (TPSA) is 66.9 Å². The first-order valence-electron chi connectivity index (χ1n) is 8.91. The minimum atomic E-state index is -3.55. The van der Waals surface area contributed by atoms with E-state index in [-0.39, 0.29) is 11.8 Å². The zero-order chi connectivity index (χ0) is 18.1. The van der Waals surface area contributed by atoms with Crippen LogP contribution >= 0.6 is 0 Å². The number of amides is 1. The summed E-state index contributed by atoms with van der Waals surface area (Å²) in [6, 6.07) is 12.9. The van der Waals surface area contributed by atoms with E-state index >= 15 is 0 Å². The number of hydrogen-bond donors (Lipinski definition) is 0. The monoisotopic (exact) mass is 374 g/mol. The third-order valence-corrected chi connectivity index (χ3v) is 7.08. The second-order valence-electron chi connectivity index (χ2n) is 6.80. The van der Waals surface area contributed by atoms with Crippen molar-refractivity contribution in [2.45, 2.75) is 11.3 Å². The van der Waals surface area contributed by atoms with E-state index in [2.05, 4.69) is 0 Å². The van der Waals surface area contributed by atoms with Crippen LogP contribution in [-0.4, -0.2) is 62.9 Å². The van der Waals surface area contributed by atoms with Crippen LogP contribution in [0.3, 0.4) is 0 Å². The Morgan fingerprint density at radius 2 is 1.73 bits per heavy atom. The molecule has 4 rings (SSSR count). The molecule has 1 amide bonds. The van der Waals surface area contributed by atoms with E-state index in [0.717, 1.165) is 17.2 Å². The van der Waals surface area contributed by atoms with Crippen LogP contribution in [0.15, 0.2) is 47.4 Å². The molecule has 0 radical (unpaired) electrons. The van der Waals surface area contributed by atoms with Crippen LogP contribution in [0.2, 0.25) is 0 Å². The van der Waals surface area contributed by atoms with E-state index in [1.54, 1.807) is 17.0 Å². The van der Waals surface area contributed by atoms with Crippen molar-refractivity contribution in [3.05, 3.63) is 42.5 Å². The molecule has 2 aromatic carbocycles. The minimum absolute atomic E-state index is 0.0707. The largest absolute Gasteiger partial charge is 0.381 e. The van der Waals surface area contributed by atoms with Gasteiger partial charge < -0.3 is 9.64 Å². The van der Waals surface area contributed by atoms with Crippen molar-refractivity contribution in [2.75, 3.05) is 39.4 Å². The predicted octanol–water partition coefficient (Wildman–Crippen LogP) is 1.71. The fourth-order valence-electron chi connectivity index (χ4n) is 3.61. The molecule has 7 heteroatoms. The maximum absolute atomic E-state index is 13.0. The summed E-state index contributed by atoms with van der Waals surface area (Å²) in [5.41, 5.74) is 0. The summed E-state index contributed by atoms with van der Waals surface area (Å²) in [6.45, 7) is 2.63. The normalized spacial score (nSPS) is 22.0. The Labute approximate surface area is 153 Å². The Morgan fingerprint density at radius 1 is 1.00 bits per heavy atom. The van der Waals surface area contributed by atoms with Gasteiger partial charge in [0.05, 0.1) is 17.4 Å². The number of hydrogen-bond acceptors (Lipinski definition) is 4. The molecule has 0 aromatic heterocycles. The molecule has 2 fully saturated rings. The Morgan fingerprint density at radius 3 is 2.42 bits per heavy atom. The number of piperazine rings is 1. The molecule has 6 nitrogen and oxygen atoms in total. The van der Waals surface area contributed by atoms with E-state index < -0.39 is 10.0 Å². The van der Waals surface area contributed by atoms with Gasteiger partial charge in [-0.05, 0) is 29.3 Å². The fourth-order valence-corrected chi connectivity index (χ4v) is 5.07. The number of carbonyl (C=O) groups excluding carboxylic acids is 1. The molecule has 0 unspecified atom stereocenters. The van der Waals surface area contributed by atoms with Gasteiger partial charge >= 0.3 is 0 Å². The van der Waals surface area contributed by atoms with Crippen molar-refractivity contribution in [1.29, 1.82) is 0 Å². The summed E-state index contributed by atoms with van der Waals surface area (Å²) in [4.78, 5) is 14.5. The van der Waals surface area contributed by atoms with Crippen molar-refractivity contribution >= 4 is 26.7 Å². The summed E-state index contributed by atoms with van der Waals surface area (Å²) in [5, 5.41) is 1.92. The lowest BCUT2D eigenvalue weighted by Gasteiger charge is -2.35. The molecule has 0 N–H and O–H groups in total. The third kappa shape index (κ3) is 3.22. The molecule has 1 atom stereocenters. The molecule has 0 bridgehead atoms. The number of ether oxygens (including phenoxy) is 1. The highest BCUT2D eigenvalue weighted by molar-refractivity contribution is 7.89. The zero-order valence-electron chi connectivity index (χ0n) is 14.5. The standard InChI is InChI=1S/C19H22N2O4S/c22-19(17-7-12-25-14-17)20-8-10-21(11-9-20)26(23,24)18-6-5-15-3-1-2-4-16(15)13-18/h1-6,13,17H,7-12,14H2/t17-/m0/s1. The zero-order valence-corrected chi connectivity index (χ0v) is 15.3. The number of benzene rings is 2. The van der Waals surface area contributed by atoms with Gasteiger partial charge in [-0.2, -0.15) is 4.31 Å². The van der Waals surface area contributed by atoms with Gasteiger partial charge in [-0.25, -0.2) is 8.42 Å². The summed E-state index contributed by atoms with van der Waals surface area (Å²) in [6.07, 6.45) is 0.758. The third-order valence-electron chi connectivity index (χ3n) is 5.19. The van der Waals surface area contributed by atoms with Gasteiger partial charge in [0, 0.05) is 32.8 Å². The van der Waals surface area contributed by atoms with Gasteiger partial charge in [-0.15, -0.1) is 0 Å². The molecule has 2 aromatic rings. The first-order chi connectivity index (χ1) is 12.6. The molecule has 2 aliphatic heterocycles. The van der Waals surface area contributed by atoms with Crippen LogP contribution in [0.4, 0.5) is 0 Å². The van der Waals surface area contributed by atoms with Crippen LogP contribution in [0.25, 0.3) is 10.8 Å². The smallest absolute Gasteiger partial charge is 0.243 e. The average Bonchev–Trinajstić information content (AvgIpc) is 3.22. The minimum Gasteiger partial charge on any atom is -0.381 e. The molecule has 0 saturated carbocycles. The van der Waals surface area contributed by atoms with E-state index in [1.165, 1.54) is 4.31 Å². The van der Waals surface area contributed by atoms with E-state index in [0.29, 0.717) is 44.3 Å². The van der Waals surface area contributed by atoms with Crippen LogP contribution in [0, 0.1) is 5.92 Å². The van der Waals surface area contributed by atoms with Gasteiger partial charge in [0.2, 0.25) is 15.9 Å². The second kappa shape index (κ2) is 6.98. The van der Waals surface area contributed by atoms with Crippen molar-refractivity contribution in [3.8, 4) is 0 Å². The van der Waals surface area contributed by atoms with E-state index in [9.17, 15) is 13.2 Å². The molecular formula is C19H22N2O4S. The van der Waals surface area contributed by atoms with Gasteiger partial charge in [-0.1, -0.05) is 30.3 Å². The Kier molecular flexibility index (Phi) is 4.69. The lowest BCUT2D eigenvalue weighted by atomic mass is 10.1. The fraction of sp³-hybridized carbons (Fsp3) is 0.421. The number of rotatable bonds is 3. The first kappa shape index (κ1) is 17.5. The van der Waals surface area contributed by atoms with Crippen molar-refractivity contribution in [2.24, 2.45) is 5.92 Å². The highest BCUT2D eigenvalue weighted by atomic mass is 32.2. The van der Waals surface area contributed by atoms with Gasteiger partial charge in [0.25, 0.3) is 0 Å². The van der Waals surface area contributed by atoms with Gasteiger partial charge in [0.1, 0.15) is 0 Å². The van der Waals surface area contributed by atoms with Crippen LogP contribution < -0.4 is 0 Å². The highest BCUT2D eigenvalue weighted by Crippen LogP contribution is 2.23. The molecular weight excluding hydrogens is 352 g/mol. The van der Waals surface area contributed by atoms with Crippen LogP contribution in [0.5, 0.6) is 0 Å². The number of sulfonamides is 1. The Balaban J connectivity index is 1.47. The average molecular weight is 374 g/mol. The molecule has 2 saturated heterocycles. The van der Waals surface area contributed by atoms with Gasteiger partial charge in [0.15, 0.2) is 0 Å². The summed E-state index contributed by atoms with van der Waals surface area (Å²) in [7, 11) is -3.55. The first-order valence-corrected chi connectivity index (χ1v) is 10.4. The van der Waals surface area contributed by atoms with E-state index in [4.69, 9.17) is 4.74 Å². The molecule has 0 spiro atoms. The predicted molar refractivity (Wildman–Crippen MR) is 98.2 cm³/mol. The van der Waals surface area contributed by atoms with Crippen molar-refractivity contribution in [3.63, 3.8) is 0 Å². The van der Waals surface area contributed by atoms with Gasteiger partial charge in [-0.3, -0.25) is 4.79 Å². The molecule has 26 heavy (non-hydrogen) atoms. The quantitative estimate of drug-likeness (QED) is 0.820. The second-order valence-corrected chi connectivity index (χ2v) is 8.74. The highest BCUT2D eigenvalue weighted by Gasteiger charge is 2.33. The van der Waals surface area contributed by atoms with E-state index in [1.807, 2.05) is 30.3 Å². The Hall–Kier alpha value is -1.96. The lowest BCUT2D eigenvalue weighted by Crippen LogP contribution is -2.51. The van der Waals surface area contributed by atoms with Crippen molar-refractivity contribution in [1.82, 2.24) is 9.21 Å². The molecule has 2 heterocycles. The lowest BCUT2D eigenvalue weighted by molar-refractivity contribution is -0.136. The summed E-state index contributed by atoms with van der Waals surface area (Å²) in [5.74, 6) is 0.0175. The Bertz CT molecular complexity index is 914. The molecule has 2 aliphatic rings. The van der Waals surface area contributed by atoms with Crippen LogP contribution in [-0.2, 0) is 19.6 Å². The number of carbonyl (C=O) groups is 1. The molecule has 138 valence electrons. The number of nitrogens with zero attached hydrogens (tertiary/aromatic N) is 2. The molecule has 0 aliphatic carbocycles. The SMILES string of the molecule is O=C([C@H]1CCOC1)N1CCN(S(=O)(=O)c2ccc3ccccc3c2)CC1. The summed E-state index contributed by atoms with van der Waals surface area (Å²) < 4.78 is 32.7.